The molecular weight excluding hydrogens is 328 g/mol. The van der Waals surface area contributed by atoms with Crippen LogP contribution in [0.15, 0.2) is 18.2 Å². The summed E-state index contributed by atoms with van der Waals surface area (Å²) >= 11 is 0. The van der Waals surface area contributed by atoms with E-state index < -0.39 is 0 Å². The van der Waals surface area contributed by atoms with E-state index >= 15 is 0 Å². The number of imide groups is 1. The lowest BCUT2D eigenvalue weighted by Crippen LogP contribution is -2.49. The smallest absolute Gasteiger partial charge is 0.327 e. The van der Waals surface area contributed by atoms with Crippen molar-refractivity contribution in [3.8, 4) is 0 Å². The highest BCUT2D eigenvalue weighted by atomic mass is 16.2. The third-order valence-electron chi connectivity index (χ3n) is 6.21. The molecule has 3 saturated heterocycles. The van der Waals surface area contributed by atoms with Gasteiger partial charge in [-0.1, -0.05) is 12.1 Å². The number of anilines is 1. The molecule has 3 heterocycles. The van der Waals surface area contributed by atoms with Crippen molar-refractivity contribution in [1.29, 1.82) is 0 Å². The maximum Gasteiger partial charge on any atom is 0.327 e. The molecule has 3 aliphatic rings. The standard InChI is InChI=1S/C20H28N4O2/c1-15-5-3-6-17(16(15)2)22-12-9-21(10-13-22)11-14-24-19(25)18-7-4-8-23(18)20(24)26/h3,5-6,18H,4,7-14H2,1-2H3. The largest absolute Gasteiger partial charge is 0.369 e. The fraction of sp³-hybridized carbons (Fsp3) is 0.600. The lowest BCUT2D eigenvalue weighted by atomic mass is 10.1. The third-order valence-corrected chi connectivity index (χ3v) is 6.21. The third kappa shape index (κ3) is 2.96. The summed E-state index contributed by atoms with van der Waals surface area (Å²) in [7, 11) is 0. The van der Waals surface area contributed by atoms with Gasteiger partial charge in [0, 0.05) is 51.5 Å². The van der Waals surface area contributed by atoms with E-state index in [4.69, 9.17) is 0 Å². The fourth-order valence-corrected chi connectivity index (χ4v) is 4.42. The van der Waals surface area contributed by atoms with Crippen LogP contribution in [0.2, 0.25) is 0 Å². The average molecular weight is 356 g/mol. The van der Waals surface area contributed by atoms with Crippen LogP contribution in [0, 0.1) is 13.8 Å². The molecule has 0 radical (unpaired) electrons. The molecule has 1 aromatic rings. The number of piperazine rings is 1. The van der Waals surface area contributed by atoms with Gasteiger partial charge in [-0.3, -0.25) is 14.6 Å². The van der Waals surface area contributed by atoms with E-state index in [-0.39, 0.29) is 18.0 Å². The SMILES string of the molecule is Cc1cccc(N2CCN(CCN3C(=O)C4CCCN4C3=O)CC2)c1C. The van der Waals surface area contributed by atoms with E-state index in [9.17, 15) is 9.59 Å². The fourth-order valence-electron chi connectivity index (χ4n) is 4.42. The number of amides is 3. The van der Waals surface area contributed by atoms with Gasteiger partial charge >= 0.3 is 6.03 Å². The van der Waals surface area contributed by atoms with Crippen LogP contribution in [0.5, 0.6) is 0 Å². The molecule has 6 nitrogen and oxygen atoms in total. The predicted molar refractivity (Wildman–Crippen MR) is 101 cm³/mol. The molecule has 1 unspecified atom stereocenters. The first-order valence-corrected chi connectivity index (χ1v) is 9.72. The number of urea groups is 1. The van der Waals surface area contributed by atoms with Crippen molar-refractivity contribution in [3.63, 3.8) is 0 Å². The molecule has 1 aromatic carbocycles. The summed E-state index contributed by atoms with van der Waals surface area (Å²) in [5, 5.41) is 0. The van der Waals surface area contributed by atoms with Crippen LogP contribution in [-0.4, -0.2) is 78.5 Å². The Morgan fingerprint density at radius 3 is 2.50 bits per heavy atom. The zero-order chi connectivity index (χ0) is 18.3. The molecule has 0 N–H and O–H groups in total. The van der Waals surface area contributed by atoms with Crippen molar-refractivity contribution in [3.05, 3.63) is 29.3 Å². The van der Waals surface area contributed by atoms with Crippen LogP contribution >= 0.6 is 0 Å². The molecular formula is C20H28N4O2. The Bertz CT molecular complexity index is 690. The summed E-state index contributed by atoms with van der Waals surface area (Å²) in [6, 6.07) is 6.23. The highest BCUT2D eigenvalue weighted by Crippen LogP contribution is 2.27. The lowest BCUT2D eigenvalue weighted by Gasteiger charge is -2.37. The number of aryl methyl sites for hydroxylation is 1. The van der Waals surface area contributed by atoms with E-state index in [1.54, 1.807) is 4.90 Å². The van der Waals surface area contributed by atoms with E-state index in [1.165, 1.54) is 21.7 Å². The Morgan fingerprint density at radius 1 is 1.00 bits per heavy atom. The van der Waals surface area contributed by atoms with Crippen molar-refractivity contribution in [2.24, 2.45) is 0 Å². The van der Waals surface area contributed by atoms with E-state index in [2.05, 4.69) is 41.8 Å². The number of benzene rings is 1. The Morgan fingerprint density at radius 2 is 1.77 bits per heavy atom. The van der Waals surface area contributed by atoms with E-state index in [0.29, 0.717) is 6.54 Å². The van der Waals surface area contributed by atoms with Gasteiger partial charge in [0.05, 0.1) is 0 Å². The zero-order valence-electron chi connectivity index (χ0n) is 15.8. The molecule has 3 aliphatic heterocycles. The summed E-state index contributed by atoms with van der Waals surface area (Å²) in [5.41, 5.74) is 4.02. The molecule has 3 amide bonds. The van der Waals surface area contributed by atoms with Gasteiger partial charge in [-0.25, -0.2) is 4.79 Å². The summed E-state index contributed by atoms with van der Waals surface area (Å²) in [6.07, 6.45) is 1.78. The molecule has 4 rings (SSSR count). The normalized spacial score (nSPS) is 23.9. The number of nitrogens with zero attached hydrogens (tertiary/aromatic N) is 4. The summed E-state index contributed by atoms with van der Waals surface area (Å²) < 4.78 is 0. The van der Waals surface area contributed by atoms with Crippen molar-refractivity contribution < 1.29 is 9.59 Å². The van der Waals surface area contributed by atoms with Gasteiger partial charge in [-0.05, 0) is 43.9 Å². The number of carbonyl (C=O) groups excluding carboxylic acids is 2. The van der Waals surface area contributed by atoms with Crippen LogP contribution in [0.25, 0.3) is 0 Å². The second-order valence-corrected chi connectivity index (χ2v) is 7.67. The number of hydrogen-bond acceptors (Lipinski definition) is 4. The van der Waals surface area contributed by atoms with E-state index in [0.717, 1.165) is 52.1 Å². The molecule has 0 aliphatic carbocycles. The molecule has 26 heavy (non-hydrogen) atoms. The molecule has 3 fully saturated rings. The second kappa shape index (κ2) is 6.91. The van der Waals surface area contributed by atoms with Gasteiger partial charge in [0.15, 0.2) is 0 Å². The van der Waals surface area contributed by atoms with Crippen LogP contribution in [0.3, 0.4) is 0 Å². The topological polar surface area (TPSA) is 47.1 Å². The lowest BCUT2D eigenvalue weighted by molar-refractivity contribution is -0.128. The number of rotatable bonds is 4. The first kappa shape index (κ1) is 17.3. The summed E-state index contributed by atoms with van der Waals surface area (Å²) in [6.45, 7) is 10.3. The van der Waals surface area contributed by atoms with Crippen LogP contribution < -0.4 is 4.90 Å². The van der Waals surface area contributed by atoms with Crippen LogP contribution in [0.1, 0.15) is 24.0 Å². The van der Waals surface area contributed by atoms with Gasteiger partial charge in [0.2, 0.25) is 0 Å². The molecule has 0 aromatic heterocycles. The van der Waals surface area contributed by atoms with Gasteiger partial charge < -0.3 is 9.80 Å². The Labute approximate surface area is 155 Å². The average Bonchev–Trinajstić information content (AvgIpc) is 3.21. The van der Waals surface area contributed by atoms with Crippen molar-refractivity contribution >= 4 is 17.6 Å². The Kier molecular flexibility index (Phi) is 4.61. The number of fused-ring (bicyclic) bond motifs is 1. The Balaban J connectivity index is 1.30. The molecule has 140 valence electrons. The maximum atomic E-state index is 12.4. The maximum absolute atomic E-state index is 12.4. The van der Waals surface area contributed by atoms with Gasteiger partial charge in [0.1, 0.15) is 6.04 Å². The van der Waals surface area contributed by atoms with Gasteiger partial charge in [-0.15, -0.1) is 0 Å². The second-order valence-electron chi connectivity index (χ2n) is 7.67. The molecule has 0 spiro atoms. The zero-order valence-corrected chi connectivity index (χ0v) is 15.8. The molecule has 6 heteroatoms. The molecule has 0 saturated carbocycles. The van der Waals surface area contributed by atoms with E-state index in [1.807, 2.05) is 0 Å². The highest BCUT2D eigenvalue weighted by Gasteiger charge is 2.47. The van der Waals surface area contributed by atoms with Crippen molar-refractivity contribution in [2.45, 2.75) is 32.7 Å². The minimum atomic E-state index is -0.177. The molecule has 0 bridgehead atoms. The number of hydrogen-bond donors (Lipinski definition) is 0. The van der Waals surface area contributed by atoms with Crippen LogP contribution in [0.4, 0.5) is 10.5 Å². The predicted octanol–water partition coefficient (Wildman–Crippen LogP) is 1.85. The van der Waals surface area contributed by atoms with Crippen molar-refractivity contribution in [2.75, 3.05) is 50.7 Å². The number of carbonyl (C=O) groups is 2. The first-order chi connectivity index (χ1) is 12.6. The van der Waals surface area contributed by atoms with Crippen molar-refractivity contribution in [1.82, 2.24) is 14.7 Å². The van der Waals surface area contributed by atoms with Gasteiger partial charge in [0.25, 0.3) is 5.91 Å². The first-order valence-electron chi connectivity index (χ1n) is 9.72. The molecule has 1 atom stereocenters. The quantitative estimate of drug-likeness (QED) is 0.773. The minimum absolute atomic E-state index is 0.0153. The monoisotopic (exact) mass is 356 g/mol. The Hall–Kier alpha value is -2.08. The highest BCUT2D eigenvalue weighted by molar-refractivity contribution is 6.04. The van der Waals surface area contributed by atoms with Gasteiger partial charge in [-0.2, -0.15) is 0 Å². The van der Waals surface area contributed by atoms with Crippen LogP contribution in [-0.2, 0) is 4.79 Å². The summed E-state index contributed by atoms with van der Waals surface area (Å²) in [4.78, 5) is 32.8. The minimum Gasteiger partial charge on any atom is -0.369 e. The summed E-state index contributed by atoms with van der Waals surface area (Å²) in [5.74, 6) is 0.0153.